The van der Waals surface area contributed by atoms with Crippen LogP contribution in [0.25, 0.3) is 11.1 Å². The Balaban J connectivity index is 1.81. The average molecular weight is 587 g/mol. The van der Waals surface area contributed by atoms with Crippen LogP contribution in [0.3, 0.4) is 0 Å². The molecule has 0 aliphatic rings. The maximum atomic E-state index is 12.5. The molecule has 0 fully saturated rings. The lowest BCUT2D eigenvalue weighted by Crippen LogP contribution is -2.26. The number of hydrogen-bond donors (Lipinski definition) is 1. The van der Waals surface area contributed by atoms with Gasteiger partial charge in [0.25, 0.3) is 0 Å². The van der Waals surface area contributed by atoms with E-state index < -0.39 is 10.0 Å². The summed E-state index contributed by atoms with van der Waals surface area (Å²) in [6.45, 7) is 2.59. The summed E-state index contributed by atoms with van der Waals surface area (Å²) in [6, 6.07) is 7.62. The summed E-state index contributed by atoms with van der Waals surface area (Å²) in [7, 11) is -3.57. The first-order valence-electron chi connectivity index (χ1n) is 9.68. The molecule has 0 bridgehead atoms. The van der Waals surface area contributed by atoms with E-state index in [0.29, 0.717) is 24.2 Å². The van der Waals surface area contributed by atoms with Gasteiger partial charge in [-0.2, -0.15) is 0 Å². The summed E-state index contributed by atoms with van der Waals surface area (Å²) in [4.78, 5) is 16.5. The summed E-state index contributed by atoms with van der Waals surface area (Å²) in [5.41, 5.74) is 1.60. The van der Waals surface area contributed by atoms with E-state index in [4.69, 9.17) is 9.47 Å². The van der Waals surface area contributed by atoms with E-state index in [2.05, 4.69) is 56.5 Å². The van der Waals surface area contributed by atoms with Gasteiger partial charge in [-0.05, 0) is 40.0 Å². The van der Waals surface area contributed by atoms with Gasteiger partial charge in [0.2, 0.25) is 15.9 Å². The topological polar surface area (TPSA) is 116 Å². The molecule has 0 radical (unpaired) electrons. The van der Waals surface area contributed by atoms with E-state index in [9.17, 15) is 8.42 Å². The Bertz CT molecular complexity index is 1130. The highest BCUT2D eigenvalue weighted by Crippen LogP contribution is 2.32. The van der Waals surface area contributed by atoms with E-state index in [1.54, 1.807) is 12.4 Å². The zero-order valence-electron chi connectivity index (χ0n) is 17.2. The summed E-state index contributed by atoms with van der Waals surface area (Å²) >= 11 is 6.67. The Morgan fingerprint density at radius 2 is 1.62 bits per heavy atom. The molecule has 2 aromatic heterocycles. The smallest absolute Gasteiger partial charge is 0.316 e. The van der Waals surface area contributed by atoms with Crippen LogP contribution in [0.5, 0.6) is 11.9 Å². The van der Waals surface area contributed by atoms with Gasteiger partial charge in [0.05, 0.1) is 15.7 Å². The minimum Gasteiger partial charge on any atom is -0.474 e. The van der Waals surface area contributed by atoms with Crippen molar-refractivity contribution in [3.63, 3.8) is 0 Å². The zero-order valence-corrected chi connectivity index (χ0v) is 21.2. The standard InChI is InChI=1S/C20H21Br2N5O4S/c1-2-7-27-32(28,29)12-17-18(14-3-5-15(21)6-4-14)19(26-13-25-17)30-8-9-31-20-23-10-16(22)11-24-20/h3-6,10-11,13,27H,2,7-9,12H2,1H3. The monoisotopic (exact) mass is 585 g/mol. The van der Waals surface area contributed by atoms with Crippen LogP contribution < -0.4 is 14.2 Å². The molecule has 0 spiro atoms. The van der Waals surface area contributed by atoms with Crippen LogP contribution in [0.4, 0.5) is 0 Å². The van der Waals surface area contributed by atoms with E-state index in [0.717, 1.165) is 14.5 Å². The van der Waals surface area contributed by atoms with Crippen LogP contribution in [-0.4, -0.2) is 48.1 Å². The van der Waals surface area contributed by atoms with Crippen molar-refractivity contribution >= 4 is 41.9 Å². The zero-order chi connectivity index (χ0) is 23.0. The van der Waals surface area contributed by atoms with Gasteiger partial charge in [0.15, 0.2) is 0 Å². The molecule has 12 heteroatoms. The fraction of sp³-hybridized carbons (Fsp3) is 0.300. The van der Waals surface area contributed by atoms with Crippen molar-refractivity contribution in [2.45, 2.75) is 19.1 Å². The average Bonchev–Trinajstić information content (AvgIpc) is 2.77. The molecule has 32 heavy (non-hydrogen) atoms. The van der Waals surface area contributed by atoms with Crippen LogP contribution in [0, 0.1) is 0 Å². The first-order valence-corrected chi connectivity index (χ1v) is 12.9. The molecule has 0 aliphatic carbocycles. The van der Waals surface area contributed by atoms with Crippen LogP contribution in [0.1, 0.15) is 19.0 Å². The second kappa shape index (κ2) is 11.6. The molecule has 0 unspecified atom stereocenters. The van der Waals surface area contributed by atoms with E-state index in [1.165, 1.54) is 6.33 Å². The lowest BCUT2D eigenvalue weighted by molar-refractivity contribution is 0.201. The van der Waals surface area contributed by atoms with E-state index in [-0.39, 0.29) is 30.9 Å². The molecule has 1 N–H and O–H groups in total. The number of benzene rings is 1. The van der Waals surface area contributed by atoms with Gasteiger partial charge in [-0.15, -0.1) is 0 Å². The number of sulfonamides is 1. The predicted molar refractivity (Wildman–Crippen MR) is 127 cm³/mol. The minimum absolute atomic E-state index is 0.153. The van der Waals surface area contributed by atoms with Crippen molar-refractivity contribution in [3.8, 4) is 23.0 Å². The molecule has 2 heterocycles. The second-order valence-electron chi connectivity index (χ2n) is 6.54. The summed E-state index contributed by atoms with van der Waals surface area (Å²) in [6.07, 6.45) is 5.15. The van der Waals surface area contributed by atoms with Gasteiger partial charge in [-0.1, -0.05) is 35.0 Å². The van der Waals surface area contributed by atoms with Crippen molar-refractivity contribution in [2.75, 3.05) is 19.8 Å². The molecule has 0 saturated carbocycles. The fourth-order valence-electron chi connectivity index (χ4n) is 2.66. The molecule has 0 amide bonds. The molecule has 0 atom stereocenters. The lowest BCUT2D eigenvalue weighted by Gasteiger charge is -2.15. The van der Waals surface area contributed by atoms with Crippen LogP contribution >= 0.6 is 31.9 Å². The van der Waals surface area contributed by atoms with Gasteiger partial charge in [-0.25, -0.2) is 33.1 Å². The molecule has 9 nitrogen and oxygen atoms in total. The highest BCUT2D eigenvalue weighted by Gasteiger charge is 2.20. The number of aromatic nitrogens is 4. The maximum absolute atomic E-state index is 12.5. The van der Waals surface area contributed by atoms with Gasteiger partial charge in [0, 0.05) is 23.4 Å². The first kappa shape index (κ1) is 24.5. The molecule has 0 saturated heterocycles. The molecule has 0 aliphatic heterocycles. The van der Waals surface area contributed by atoms with Crippen molar-refractivity contribution in [2.24, 2.45) is 0 Å². The number of rotatable bonds is 11. The SMILES string of the molecule is CCCNS(=O)(=O)Cc1ncnc(OCCOc2ncc(Br)cn2)c1-c1ccc(Br)cc1. The molecule has 170 valence electrons. The van der Waals surface area contributed by atoms with Crippen LogP contribution in [0.15, 0.2) is 51.9 Å². The number of ether oxygens (including phenoxy) is 2. The third kappa shape index (κ3) is 7.19. The van der Waals surface area contributed by atoms with Crippen molar-refractivity contribution < 1.29 is 17.9 Å². The predicted octanol–water partition coefficient (Wildman–Crippen LogP) is 3.75. The summed E-state index contributed by atoms with van der Waals surface area (Å²) in [5.74, 6) is -0.0242. The van der Waals surface area contributed by atoms with Crippen LogP contribution in [0.2, 0.25) is 0 Å². The highest BCUT2D eigenvalue weighted by atomic mass is 79.9. The fourth-order valence-corrected chi connectivity index (χ4v) is 4.33. The maximum Gasteiger partial charge on any atom is 0.316 e. The van der Waals surface area contributed by atoms with E-state index in [1.807, 2.05) is 31.2 Å². The van der Waals surface area contributed by atoms with Crippen molar-refractivity contribution in [3.05, 3.63) is 57.6 Å². The van der Waals surface area contributed by atoms with Crippen LogP contribution in [-0.2, 0) is 15.8 Å². The third-order valence-corrected chi connectivity index (χ3v) is 6.31. The summed E-state index contributed by atoms with van der Waals surface area (Å²) in [5, 5.41) is 0. The Morgan fingerprint density at radius 1 is 0.938 bits per heavy atom. The van der Waals surface area contributed by atoms with E-state index >= 15 is 0 Å². The molecule has 1 aromatic carbocycles. The number of nitrogens with one attached hydrogen (secondary N) is 1. The first-order chi connectivity index (χ1) is 15.4. The Hall–Kier alpha value is -2.15. The van der Waals surface area contributed by atoms with Crippen molar-refractivity contribution in [1.82, 2.24) is 24.7 Å². The Morgan fingerprint density at radius 3 is 2.31 bits per heavy atom. The molecular weight excluding hydrogens is 566 g/mol. The van der Waals surface area contributed by atoms with Gasteiger partial charge < -0.3 is 9.47 Å². The normalized spacial score (nSPS) is 11.3. The van der Waals surface area contributed by atoms with Gasteiger partial charge >= 0.3 is 6.01 Å². The van der Waals surface area contributed by atoms with Gasteiger partial charge in [-0.3, -0.25) is 0 Å². The second-order valence-corrected chi connectivity index (χ2v) is 10.2. The minimum atomic E-state index is -3.57. The third-order valence-electron chi connectivity index (χ3n) is 4.07. The van der Waals surface area contributed by atoms with Crippen molar-refractivity contribution in [1.29, 1.82) is 0 Å². The number of halogens is 2. The van der Waals surface area contributed by atoms with Gasteiger partial charge in [0.1, 0.15) is 25.3 Å². The number of nitrogens with zero attached hydrogens (tertiary/aromatic N) is 4. The lowest BCUT2D eigenvalue weighted by atomic mass is 10.1. The highest BCUT2D eigenvalue weighted by molar-refractivity contribution is 9.10. The Labute approximate surface area is 203 Å². The molecule has 3 rings (SSSR count). The summed E-state index contributed by atoms with van der Waals surface area (Å²) < 4.78 is 40.5. The Kier molecular flexibility index (Phi) is 8.91. The quantitative estimate of drug-likeness (QED) is 0.338. The molecule has 3 aromatic rings. The molecular formula is C20H21Br2N5O4S. The number of hydrogen-bond acceptors (Lipinski definition) is 8. The largest absolute Gasteiger partial charge is 0.474 e.